The van der Waals surface area contributed by atoms with E-state index in [1.165, 1.54) is 12.1 Å². The predicted octanol–water partition coefficient (Wildman–Crippen LogP) is 3.39. The molecule has 0 saturated carbocycles. The highest BCUT2D eigenvalue weighted by atomic mass is 79.9. The zero-order chi connectivity index (χ0) is 17.6. The summed E-state index contributed by atoms with van der Waals surface area (Å²) in [4.78, 5) is 14.7. The summed E-state index contributed by atoms with van der Waals surface area (Å²) in [7, 11) is 0. The second kappa shape index (κ2) is 8.56. The van der Waals surface area contributed by atoms with Gasteiger partial charge in [-0.2, -0.15) is 0 Å². The Morgan fingerprint density at radius 2 is 1.92 bits per heavy atom. The van der Waals surface area contributed by atoms with E-state index in [2.05, 4.69) is 26.1 Å². The first-order valence-electron chi connectivity index (χ1n) is 8.24. The number of carbonyl (C=O) groups excluding carboxylic acids is 1. The third kappa shape index (κ3) is 4.87. The molecular weight excluding hydrogens is 387 g/mol. The standard InChI is InChI=1S/C19H20BrFN2O2/c20-16-3-1-2-15(12-16)19(24)22-13-18(23-8-10-25-11-9-23)14-4-6-17(21)7-5-14/h1-7,12,18H,8-11,13H2,(H,22,24)/t18-/m1/s1. The van der Waals surface area contributed by atoms with Gasteiger partial charge < -0.3 is 10.1 Å². The third-order valence-electron chi connectivity index (χ3n) is 4.28. The lowest BCUT2D eigenvalue weighted by molar-refractivity contribution is 0.0162. The number of carbonyl (C=O) groups is 1. The van der Waals surface area contributed by atoms with E-state index in [0.717, 1.165) is 23.1 Å². The summed E-state index contributed by atoms with van der Waals surface area (Å²) in [5.74, 6) is -0.385. The molecule has 3 rings (SSSR count). The molecule has 1 N–H and O–H groups in total. The van der Waals surface area contributed by atoms with Gasteiger partial charge in [-0.15, -0.1) is 0 Å². The van der Waals surface area contributed by atoms with E-state index < -0.39 is 0 Å². The second-order valence-corrected chi connectivity index (χ2v) is 6.85. The molecule has 1 heterocycles. The number of rotatable bonds is 5. The highest BCUT2D eigenvalue weighted by Crippen LogP contribution is 2.22. The van der Waals surface area contributed by atoms with Crippen LogP contribution in [-0.4, -0.2) is 43.7 Å². The Morgan fingerprint density at radius 1 is 1.20 bits per heavy atom. The summed E-state index contributed by atoms with van der Waals surface area (Å²) in [6.45, 7) is 3.36. The Bertz CT molecular complexity index is 718. The average Bonchev–Trinajstić information content (AvgIpc) is 2.64. The lowest BCUT2D eigenvalue weighted by Crippen LogP contribution is -2.43. The van der Waals surface area contributed by atoms with Crippen molar-refractivity contribution in [2.24, 2.45) is 0 Å². The van der Waals surface area contributed by atoms with Crippen LogP contribution in [0.25, 0.3) is 0 Å². The fraction of sp³-hybridized carbons (Fsp3) is 0.316. The number of hydrogen-bond acceptors (Lipinski definition) is 3. The van der Waals surface area contributed by atoms with Gasteiger partial charge >= 0.3 is 0 Å². The van der Waals surface area contributed by atoms with Crippen LogP contribution in [0.5, 0.6) is 0 Å². The average molecular weight is 407 g/mol. The molecule has 132 valence electrons. The van der Waals surface area contributed by atoms with E-state index in [4.69, 9.17) is 4.74 Å². The van der Waals surface area contributed by atoms with Gasteiger partial charge in [0.15, 0.2) is 0 Å². The van der Waals surface area contributed by atoms with Gasteiger partial charge in [0, 0.05) is 29.7 Å². The van der Waals surface area contributed by atoms with Crippen molar-refractivity contribution in [3.05, 3.63) is 69.9 Å². The van der Waals surface area contributed by atoms with Gasteiger partial charge in [0.05, 0.1) is 19.3 Å². The van der Waals surface area contributed by atoms with Crippen molar-refractivity contribution in [2.45, 2.75) is 6.04 Å². The lowest BCUT2D eigenvalue weighted by atomic mass is 10.0. The highest BCUT2D eigenvalue weighted by Gasteiger charge is 2.23. The first-order chi connectivity index (χ1) is 12.1. The Balaban J connectivity index is 1.73. The number of halogens is 2. The molecule has 0 unspecified atom stereocenters. The Morgan fingerprint density at radius 3 is 2.60 bits per heavy atom. The van der Waals surface area contributed by atoms with Crippen LogP contribution in [0.4, 0.5) is 4.39 Å². The molecule has 0 radical (unpaired) electrons. The van der Waals surface area contributed by atoms with Crippen molar-refractivity contribution in [3.63, 3.8) is 0 Å². The van der Waals surface area contributed by atoms with Gasteiger partial charge in [-0.1, -0.05) is 34.1 Å². The molecule has 1 fully saturated rings. The molecule has 1 aliphatic rings. The van der Waals surface area contributed by atoms with E-state index in [9.17, 15) is 9.18 Å². The van der Waals surface area contributed by atoms with Crippen molar-refractivity contribution in [3.8, 4) is 0 Å². The zero-order valence-electron chi connectivity index (χ0n) is 13.8. The van der Waals surface area contributed by atoms with Crippen LogP contribution in [0.1, 0.15) is 22.0 Å². The van der Waals surface area contributed by atoms with E-state index in [0.29, 0.717) is 25.3 Å². The summed E-state index contributed by atoms with van der Waals surface area (Å²) in [6.07, 6.45) is 0. The summed E-state index contributed by atoms with van der Waals surface area (Å²) < 4.78 is 19.5. The molecule has 25 heavy (non-hydrogen) atoms. The van der Waals surface area contributed by atoms with Crippen LogP contribution in [0.2, 0.25) is 0 Å². The molecule has 0 bridgehead atoms. The zero-order valence-corrected chi connectivity index (χ0v) is 15.3. The lowest BCUT2D eigenvalue weighted by Gasteiger charge is -2.35. The number of nitrogens with one attached hydrogen (secondary N) is 1. The monoisotopic (exact) mass is 406 g/mol. The maximum atomic E-state index is 13.3. The van der Waals surface area contributed by atoms with Crippen LogP contribution in [-0.2, 0) is 4.74 Å². The number of ether oxygens (including phenoxy) is 1. The van der Waals surface area contributed by atoms with Crippen molar-refractivity contribution >= 4 is 21.8 Å². The minimum atomic E-state index is -0.261. The number of benzene rings is 2. The molecule has 4 nitrogen and oxygen atoms in total. The maximum Gasteiger partial charge on any atom is 0.251 e. The van der Waals surface area contributed by atoms with Gasteiger partial charge in [-0.3, -0.25) is 9.69 Å². The van der Waals surface area contributed by atoms with Crippen molar-refractivity contribution in [1.82, 2.24) is 10.2 Å². The molecule has 6 heteroatoms. The number of amides is 1. The Labute approximate surface area is 155 Å². The SMILES string of the molecule is O=C(NC[C@H](c1ccc(F)cc1)N1CCOCC1)c1cccc(Br)c1. The van der Waals surface area contributed by atoms with Crippen LogP contribution in [0.3, 0.4) is 0 Å². The molecule has 0 aromatic heterocycles. The van der Waals surface area contributed by atoms with E-state index in [1.807, 2.05) is 12.1 Å². The minimum Gasteiger partial charge on any atom is -0.379 e. The molecule has 1 atom stereocenters. The molecule has 2 aromatic carbocycles. The summed E-state index contributed by atoms with van der Waals surface area (Å²) in [5, 5.41) is 3.00. The number of hydrogen-bond donors (Lipinski definition) is 1. The molecule has 1 amide bonds. The smallest absolute Gasteiger partial charge is 0.251 e. The highest BCUT2D eigenvalue weighted by molar-refractivity contribution is 9.10. The number of morpholine rings is 1. The summed E-state index contributed by atoms with van der Waals surface area (Å²) in [6, 6.07) is 13.7. The van der Waals surface area contributed by atoms with Crippen molar-refractivity contribution in [2.75, 3.05) is 32.8 Å². The van der Waals surface area contributed by atoms with Gasteiger partial charge in [0.25, 0.3) is 5.91 Å². The van der Waals surface area contributed by atoms with Gasteiger partial charge in [0.2, 0.25) is 0 Å². The first-order valence-corrected chi connectivity index (χ1v) is 9.04. The largest absolute Gasteiger partial charge is 0.379 e. The molecule has 2 aromatic rings. The minimum absolute atomic E-state index is 0.0133. The third-order valence-corrected chi connectivity index (χ3v) is 4.78. The Kier molecular flexibility index (Phi) is 6.18. The fourth-order valence-electron chi connectivity index (χ4n) is 2.95. The predicted molar refractivity (Wildman–Crippen MR) is 98.0 cm³/mol. The molecular formula is C19H20BrFN2O2. The molecule has 0 spiro atoms. The molecule has 0 aliphatic carbocycles. The maximum absolute atomic E-state index is 13.3. The summed E-state index contributed by atoms with van der Waals surface area (Å²) >= 11 is 3.38. The van der Waals surface area contributed by atoms with Crippen molar-refractivity contribution < 1.29 is 13.9 Å². The van der Waals surface area contributed by atoms with Crippen LogP contribution in [0.15, 0.2) is 53.0 Å². The fourth-order valence-corrected chi connectivity index (χ4v) is 3.35. The topological polar surface area (TPSA) is 41.6 Å². The molecule has 1 aliphatic heterocycles. The van der Waals surface area contributed by atoms with Crippen LogP contribution < -0.4 is 5.32 Å². The van der Waals surface area contributed by atoms with Gasteiger partial charge in [-0.05, 0) is 35.9 Å². The normalized spacial score (nSPS) is 16.4. The van der Waals surface area contributed by atoms with E-state index in [-0.39, 0.29) is 17.8 Å². The van der Waals surface area contributed by atoms with E-state index in [1.54, 1.807) is 24.3 Å². The first kappa shape index (κ1) is 18.0. The van der Waals surface area contributed by atoms with E-state index >= 15 is 0 Å². The summed E-state index contributed by atoms with van der Waals surface area (Å²) in [5.41, 5.74) is 1.59. The number of nitrogens with zero attached hydrogens (tertiary/aromatic N) is 1. The van der Waals surface area contributed by atoms with Gasteiger partial charge in [-0.25, -0.2) is 4.39 Å². The second-order valence-electron chi connectivity index (χ2n) is 5.94. The van der Waals surface area contributed by atoms with Crippen molar-refractivity contribution in [1.29, 1.82) is 0 Å². The van der Waals surface area contributed by atoms with Gasteiger partial charge in [0.1, 0.15) is 5.82 Å². The molecule has 1 saturated heterocycles. The van der Waals surface area contributed by atoms with Crippen LogP contribution >= 0.6 is 15.9 Å². The van der Waals surface area contributed by atoms with Crippen LogP contribution in [0, 0.1) is 5.82 Å². The quantitative estimate of drug-likeness (QED) is 0.827. The Hall–Kier alpha value is -1.76.